The zero-order valence-electron chi connectivity index (χ0n) is 11.9. The summed E-state index contributed by atoms with van der Waals surface area (Å²) in [5, 5.41) is 13.3. The average molecular weight is 294 g/mol. The van der Waals surface area contributed by atoms with E-state index in [0.29, 0.717) is 5.69 Å². The van der Waals surface area contributed by atoms with Gasteiger partial charge in [0.1, 0.15) is 5.75 Å². The van der Waals surface area contributed by atoms with Gasteiger partial charge < -0.3 is 9.84 Å². The van der Waals surface area contributed by atoms with Gasteiger partial charge in [-0.25, -0.2) is 9.48 Å². The summed E-state index contributed by atoms with van der Waals surface area (Å²) < 4.78 is 6.80. The van der Waals surface area contributed by atoms with E-state index in [1.165, 1.54) is 0 Å². The number of aromatic nitrogens is 2. The minimum absolute atomic E-state index is 0.235. The van der Waals surface area contributed by atoms with E-state index in [0.717, 1.165) is 16.9 Å². The molecule has 1 heterocycles. The highest BCUT2D eigenvalue weighted by molar-refractivity contribution is 5.88. The lowest BCUT2D eigenvalue weighted by atomic mass is 10.1. The molecule has 0 saturated heterocycles. The first-order chi connectivity index (χ1) is 10.7. The molecular weight excluding hydrogens is 280 g/mol. The van der Waals surface area contributed by atoms with E-state index < -0.39 is 5.97 Å². The Morgan fingerprint density at radius 2 is 1.91 bits per heavy atom. The smallest absolute Gasteiger partial charge is 0.335 e. The zero-order chi connectivity index (χ0) is 15.5. The zero-order valence-corrected chi connectivity index (χ0v) is 11.9. The van der Waals surface area contributed by atoms with E-state index in [4.69, 9.17) is 9.84 Å². The van der Waals surface area contributed by atoms with Crippen molar-refractivity contribution in [3.8, 4) is 22.6 Å². The number of methoxy groups -OCH3 is 1. The number of carboxylic acids is 1. The van der Waals surface area contributed by atoms with E-state index in [2.05, 4.69) is 5.10 Å². The SMILES string of the molecule is COc1ccc(-c2cnn(-c3cccc(C(=O)O)c3)c2)cc1. The molecule has 3 aromatic rings. The molecule has 0 fully saturated rings. The second kappa shape index (κ2) is 5.73. The normalized spacial score (nSPS) is 10.4. The molecule has 5 heteroatoms. The van der Waals surface area contributed by atoms with Crippen molar-refractivity contribution in [1.82, 2.24) is 9.78 Å². The number of rotatable bonds is 4. The van der Waals surface area contributed by atoms with Crippen LogP contribution in [0, 0.1) is 0 Å². The Morgan fingerprint density at radius 3 is 2.59 bits per heavy atom. The van der Waals surface area contributed by atoms with Gasteiger partial charge in [0.15, 0.2) is 0 Å². The molecule has 110 valence electrons. The van der Waals surface area contributed by atoms with Crippen molar-refractivity contribution in [2.75, 3.05) is 7.11 Å². The van der Waals surface area contributed by atoms with Crippen LogP contribution < -0.4 is 4.74 Å². The second-order valence-corrected chi connectivity index (χ2v) is 4.76. The highest BCUT2D eigenvalue weighted by Gasteiger charge is 2.07. The highest BCUT2D eigenvalue weighted by atomic mass is 16.5. The molecule has 0 spiro atoms. The molecular formula is C17H14N2O3. The molecule has 5 nitrogen and oxygen atoms in total. The van der Waals surface area contributed by atoms with Gasteiger partial charge in [0.2, 0.25) is 0 Å². The monoisotopic (exact) mass is 294 g/mol. The van der Waals surface area contributed by atoms with E-state index in [9.17, 15) is 4.79 Å². The van der Waals surface area contributed by atoms with Gasteiger partial charge in [-0.2, -0.15) is 5.10 Å². The summed E-state index contributed by atoms with van der Waals surface area (Å²) in [7, 11) is 1.63. The minimum atomic E-state index is -0.954. The standard InChI is InChI=1S/C17H14N2O3/c1-22-16-7-5-12(6-8-16)14-10-18-19(11-14)15-4-2-3-13(9-15)17(20)21/h2-11H,1H3,(H,20,21). The maximum atomic E-state index is 11.0. The molecule has 0 atom stereocenters. The van der Waals surface area contributed by atoms with Gasteiger partial charge in [0.05, 0.1) is 24.6 Å². The van der Waals surface area contributed by atoms with E-state index in [-0.39, 0.29) is 5.56 Å². The molecule has 0 aliphatic rings. The number of benzene rings is 2. The van der Waals surface area contributed by atoms with Crippen LogP contribution in [0.5, 0.6) is 5.75 Å². The van der Waals surface area contributed by atoms with Crippen molar-refractivity contribution >= 4 is 5.97 Å². The van der Waals surface area contributed by atoms with Crippen LogP contribution in [0.15, 0.2) is 60.9 Å². The summed E-state index contributed by atoms with van der Waals surface area (Å²) in [6, 6.07) is 14.3. The summed E-state index contributed by atoms with van der Waals surface area (Å²) >= 11 is 0. The third-order valence-corrected chi connectivity index (χ3v) is 3.36. The van der Waals surface area contributed by atoms with E-state index in [1.54, 1.807) is 36.2 Å². The van der Waals surface area contributed by atoms with Gasteiger partial charge in [-0.3, -0.25) is 0 Å². The lowest BCUT2D eigenvalue weighted by Crippen LogP contribution is -1.99. The number of hydrogen-bond acceptors (Lipinski definition) is 3. The van der Waals surface area contributed by atoms with Crippen LogP contribution in [0.4, 0.5) is 0 Å². The molecule has 1 aromatic heterocycles. The fraction of sp³-hybridized carbons (Fsp3) is 0.0588. The Kier molecular flexibility index (Phi) is 3.62. The maximum absolute atomic E-state index is 11.0. The van der Waals surface area contributed by atoms with Crippen molar-refractivity contribution in [1.29, 1.82) is 0 Å². The lowest BCUT2D eigenvalue weighted by Gasteiger charge is -2.03. The third-order valence-electron chi connectivity index (χ3n) is 3.36. The average Bonchev–Trinajstić information content (AvgIpc) is 3.05. The Hall–Kier alpha value is -3.08. The largest absolute Gasteiger partial charge is 0.497 e. The number of hydrogen-bond donors (Lipinski definition) is 1. The van der Waals surface area contributed by atoms with Crippen LogP contribution >= 0.6 is 0 Å². The van der Waals surface area contributed by atoms with Crippen LogP contribution in [-0.4, -0.2) is 28.0 Å². The van der Waals surface area contributed by atoms with Crippen LogP contribution in [0.2, 0.25) is 0 Å². The van der Waals surface area contributed by atoms with Crippen molar-refractivity contribution in [3.63, 3.8) is 0 Å². The summed E-state index contributed by atoms with van der Waals surface area (Å²) in [5.41, 5.74) is 2.91. The quantitative estimate of drug-likeness (QED) is 0.802. The first-order valence-electron chi connectivity index (χ1n) is 6.70. The molecule has 0 radical (unpaired) electrons. The Bertz CT molecular complexity index is 807. The fourth-order valence-corrected chi connectivity index (χ4v) is 2.18. The third kappa shape index (κ3) is 2.69. The van der Waals surface area contributed by atoms with Gasteiger partial charge >= 0.3 is 5.97 Å². The maximum Gasteiger partial charge on any atom is 0.335 e. The Balaban J connectivity index is 1.93. The summed E-state index contributed by atoms with van der Waals surface area (Å²) in [6.07, 6.45) is 3.61. The number of ether oxygens (including phenoxy) is 1. The van der Waals surface area contributed by atoms with Gasteiger partial charge in [-0.1, -0.05) is 18.2 Å². The van der Waals surface area contributed by atoms with E-state index >= 15 is 0 Å². The number of carbonyl (C=O) groups is 1. The fourth-order valence-electron chi connectivity index (χ4n) is 2.18. The predicted molar refractivity (Wildman–Crippen MR) is 82.5 cm³/mol. The molecule has 1 N–H and O–H groups in total. The van der Waals surface area contributed by atoms with Crippen molar-refractivity contribution in [2.45, 2.75) is 0 Å². The van der Waals surface area contributed by atoms with Crippen LogP contribution in [0.3, 0.4) is 0 Å². The lowest BCUT2D eigenvalue weighted by molar-refractivity contribution is 0.0697. The minimum Gasteiger partial charge on any atom is -0.497 e. The first-order valence-corrected chi connectivity index (χ1v) is 6.70. The van der Waals surface area contributed by atoms with Crippen LogP contribution in [0.25, 0.3) is 16.8 Å². The predicted octanol–water partition coefficient (Wildman–Crippen LogP) is 3.25. The summed E-state index contributed by atoms with van der Waals surface area (Å²) in [6.45, 7) is 0. The molecule has 22 heavy (non-hydrogen) atoms. The van der Waals surface area contributed by atoms with Crippen molar-refractivity contribution < 1.29 is 14.6 Å². The first kappa shape index (κ1) is 13.9. The van der Waals surface area contributed by atoms with Crippen molar-refractivity contribution in [3.05, 3.63) is 66.5 Å². The number of aromatic carboxylic acids is 1. The highest BCUT2D eigenvalue weighted by Crippen LogP contribution is 2.23. The van der Waals surface area contributed by atoms with Gasteiger partial charge in [0, 0.05) is 11.8 Å². The van der Waals surface area contributed by atoms with Gasteiger partial charge in [-0.05, 0) is 35.9 Å². The number of carboxylic acid groups (broad SMARTS) is 1. The number of nitrogens with zero attached hydrogens (tertiary/aromatic N) is 2. The van der Waals surface area contributed by atoms with Gasteiger partial charge in [0.25, 0.3) is 0 Å². The molecule has 0 amide bonds. The molecule has 3 rings (SSSR count). The Labute approximate surface area is 127 Å². The molecule has 2 aromatic carbocycles. The Morgan fingerprint density at radius 1 is 1.14 bits per heavy atom. The summed E-state index contributed by atoms with van der Waals surface area (Å²) in [5.74, 6) is -0.158. The molecule has 0 bridgehead atoms. The van der Waals surface area contributed by atoms with Crippen molar-refractivity contribution in [2.24, 2.45) is 0 Å². The second-order valence-electron chi connectivity index (χ2n) is 4.76. The van der Waals surface area contributed by atoms with Crippen LogP contribution in [0.1, 0.15) is 10.4 Å². The molecule has 0 aliphatic heterocycles. The topological polar surface area (TPSA) is 64.4 Å². The summed E-state index contributed by atoms with van der Waals surface area (Å²) in [4.78, 5) is 11.0. The molecule has 0 unspecified atom stereocenters. The van der Waals surface area contributed by atoms with Gasteiger partial charge in [-0.15, -0.1) is 0 Å². The van der Waals surface area contributed by atoms with Crippen LogP contribution in [-0.2, 0) is 0 Å². The molecule has 0 aliphatic carbocycles. The molecule has 0 saturated carbocycles. The van der Waals surface area contributed by atoms with E-state index in [1.807, 2.05) is 36.5 Å².